The summed E-state index contributed by atoms with van der Waals surface area (Å²) in [5, 5.41) is 12.9. The molecule has 1 aliphatic rings. The number of rotatable bonds is 2. The zero-order valence-electron chi connectivity index (χ0n) is 8.96. The van der Waals surface area contributed by atoms with E-state index in [0.717, 1.165) is 0 Å². The lowest BCUT2D eigenvalue weighted by atomic mass is 10.0. The molecule has 7 heteroatoms. The molecule has 0 saturated carbocycles. The molecule has 1 aromatic rings. The molecular formula is C9H14N2O4S. The number of hydrogen-bond donors (Lipinski definition) is 1. The number of aliphatic hydroxyl groups is 1. The quantitative estimate of drug-likeness (QED) is 0.812. The summed E-state index contributed by atoms with van der Waals surface area (Å²) in [7, 11) is -2.87. The molecule has 1 N–H and O–H groups in total. The van der Waals surface area contributed by atoms with E-state index in [-0.39, 0.29) is 23.2 Å². The van der Waals surface area contributed by atoms with Gasteiger partial charge in [-0.25, -0.2) is 8.42 Å². The van der Waals surface area contributed by atoms with Crippen LogP contribution < -0.4 is 0 Å². The van der Waals surface area contributed by atoms with Crippen molar-refractivity contribution in [2.75, 3.05) is 11.5 Å². The van der Waals surface area contributed by atoms with E-state index < -0.39 is 15.9 Å². The smallest absolute Gasteiger partial charge is 0.229 e. The minimum absolute atomic E-state index is 0.00326. The van der Waals surface area contributed by atoms with E-state index in [1.807, 2.05) is 0 Å². The zero-order chi connectivity index (χ0) is 11.8. The fourth-order valence-corrected chi connectivity index (χ4v) is 3.21. The van der Waals surface area contributed by atoms with E-state index in [0.29, 0.717) is 18.7 Å². The Morgan fingerprint density at radius 3 is 2.56 bits per heavy atom. The first-order valence-corrected chi connectivity index (χ1v) is 7.02. The van der Waals surface area contributed by atoms with E-state index >= 15 is 0 Å². The molecule has 6 nitrogen and oxygen atoms in total. The average Bonchev–Trinajstić information content (AvgIpc) is 2.66. The Balaban J connectivity index is 2.08. The second kappa shape index (κ2) is 4.14. The van der Waals surface area contributed by atoms with Gasteiger partial charge < -0.3 is 9.63 Å². The molecule has 90 valence electrons. The van der Waals surface area contributed by atoms with Crippen molar-refractivity contribution >= 4 is 9.84 Å². The second-order valence-corrected chi connectivity index (χ2v) is 6.40. The van der Waals surface area contributed by atoms with Gasteiger partial charge in [0.05, 0.1) is 11.5 Å². The first kappa shape index (κ1) is 11.5. The summed E-state index contributed by atoms with van der Waals surface area (Å²) < 4.78 is 27.5. The average molecular weight is 246 g/mol. The standard InChI is InChI=1S/C9H14N2O4S/c1-6(12)8-10-9(15-11-8)7-2-4-16(13,14)5-3-7/h6-7,12H,2-5H2,1H3. The lowest BCUT2D eigenvalue weighted by Crippen LogP contribution is -2.22. The summed E-state index contributed by atoms with van der Waals surface area (Å²) in [6, 6.07) is 0. The normalized spacial score (nSPS) is 23.1. The predicted octanol–water partition coefficient (Wildman–Crippen LogP) is 0.415. The van der Waals surface area contributed by atoms with Gasteiger partial charge in [-0.2, -0.15) is 4.98 Å². The van der Waals surface area contributed by atoms with Crippen LogP contribution in [0.1, 0.15) is 43.5 Å². The minimum Gasteiger partial charge on any atom is -0.385 e. The van der Waals surface area contributed by atoms with Gasteiger partial charge >= 0.3 is 0 Å². The van der Waals surface area contributed by atoms with Crippen LogP contribution in [0.2, 0.25) is 0 Å². The zero-order valence-corrected chi connectivity index (χ0v) is 9.77. The van der Waals surface area contributed by atoms with Crippen molar-refractivity contribution in [2.24, 2.45) is 0 Å². The molecule has 0 amide bonds. The van der Waals surface area contributed by atoms with Crippen LogP contribution in [0.15, 0.2) is 4.52 Å². The molecule has 1 aromatic heterocycles. The topological polar surface area (TPSA) is 93.3 Å². The molecule has 1 aliphatic heterocycles. The largest absolute Gasteiger partial charge is 0.385 e. The summed E-state index contributed by atoms with van der Waals surface area (Å²) in [5.41, 5.74) is 0. The van der Waals surface area contributed by atoms with Crippen LogP contribution in [0.4, 0.5) is 0 Å². The van der Waals surface area contributed by atoms with E-state index in [1.54, 1.807) is 6.92 Å². The van der Waals surface area contributed by atoms with Gasteiger partial charge in [0.1, 0.15) is 15.9 Å². The van der Waals surface area contributed by atoms with Gasteiger partial charge in [0, 0.05) is 5.92 Å². The number of aliphatic hydroxyl groups excluding tert-OH is 1. The van der Waals surface area contributed by atoms with Crippen LogP contribution in [0.25, 0.3) is 0 Å². The Labute approximate surface area is 93.6 Å². The lowest BCUT2D eigenvalue weighted by Gasteiger charge is -2.17. The first-order chi connectivity index (χ1) is 7.48. The predicted molar refractivity (Wildman–Crippen MR) is 55.6 cm³/mol. The van der Waals surface area contributed by atoms with Crippen molar-refractivity contribution in [1.82, 2.24) is 10.1 Å². The maximum Gasteiger partial charge on any atom is 0.229 e. The van der Waals surface area contributed by atoms with Crippen molar-refractivity contribution in [2.45, 2.75) is 31.8 Å². The van der Waals surface area contributed by atoms with E-state index in [4.69, 9.17) is 4.52 Å². The lowest BCUT2D eigenvalue weighted by molar-refractivity contribution is 0.184. The maximum atomic E-state index is 11.2. The van der Waals surface area contributed by atoms with Crippen LogP contribution in [-0.2, 0) is 9.84 Å². The minimum atomic E-state index is -2.87. The molecule has 2 heterocycles. The third-order valence-corrected chi connectivity index (χ3v) is 4.45. The highest BCUT2D eigenvalue weighted by molar-refractivity contribution is 7.91. The van der Waals surface area contributed by atoms with Gasteiger partial charge in [-0.15, -0.1) is 0 Å². The molecule has 0 aromatic carbocycles. The van der Waals surface area contributed by atoms with E-state index in [2.05, 4.69) is 10.1 Å². The van der Waals surface area contributed by atoms with Gasteiger partial charge in [-0.05, 0) is 19.8 Å². The van der Waals surface area contributed by atoms with Crippen LogP contribution in [0, 0.1) is 0 Å². The second-order valence-electron chi connectivity index (χ2n) is 4.09. The highest BCUT2D eigenvalue weighted by atomic mass is 32.2. The molecular weight excluding hydrogens is 232 g/mol. The Morgan fingerprint density at radius 1 is 1.44 bits per heavy atom. The molecule has 2 rings (SSSR count). The number of aromatic nitrogens is 2. The van der Waals surface area contributed by atoms with Crippen LogP contribution in [0.5, 0.6) is 0 Å². The summed E-state index contributed by atoms with van der Waals surface area (Å²) in [5.74, 6) is 1.03. The van der Waals surface area contributed by atoms with Crippen LogP contribution >= 0.6 is 0 Å². The highest BCUT2D eigenvalue weighted by Gasteiger charge is 2.28. The van der Waals surface area contributed by atoms with Crippen LogP contribution in [-0.4, -0.2) is 35.2 Å². The first-order valence-electron chi connectivity index (χ1n) is 5.20. The summed E-state index contributed by atoms with van der Waals surface area (Å²) in [6.07, 6.45) is 0.276. The molecule has 1 fully saturated rings. The third-order valence-electron chi connectivity index (χ3n) is 2.73. The van der Waals surface area contributed by atoms with E-state index in [1.165, 1.54) is 0 Å². The van der Waals surface area contributed by atoms with Gasteiger partial charge in [0.25, 0.3) is 0 Å². The number of nitrogens with zero attached hydrogens (tertiary/aromatic N) is 2. The van der Waals surface area contributed by atoms with Gasteiger partial charge in [-0.1, -0.05) is 5.16 Å². The fourth-order valence-electron chi connectivity index (χ4n) is 1.72. The fraction of sp³-hybridized carbons (Fsp3) is 0.778. The molecule has 1 saturated heterocycles. The SMILES string of the molecule is CC(O)c1noc(C2CCS(=O)(=O)CC2)n1. The van der Waals surface area contributed by atoms with Gasteiger partial charge in [0.15, 0.2) is 5.82 Å². The third kappa shape index (κ3) is 2.41. The Bertz CT molecular complexity index is 452. The number of hydrogen-bond acceptors (Lipinski definition) is 6. The Hall–Kier alpha value is -0.950. The van der Waals surface area contributed by atoms with Crippen molar-refractivity contribution in [3.8, 4) is 0 Å². The molecule has 0 spiro atoms. The van der Waals surface area contributed by atoms with Crippen LogP contribution in [0.3, 0.4) is 0 Å². The van der Waals surface area contributed by atoms with Gasteiger partial charge in [-0.3, -0.25) is 0 Å². The molecule has 16 heavy (non-hydrogen) atoms. The molecule has 0 radical (unpaired) electrons. The summed E-state index contributed by atoms with van der Waals surface area (Å²) >= 11 is 0. The monoisotopic (exact) mass is 246 g/mol. The Kier molecular flexibility index (Phi) is 2.98. The van der Waals surface area contributed by atoms with Crippen molar-refractivity contribution < 1.29 is 18.0 Å². The molecule has 1 unspecified atom stereocenters. The van der Waals surface area contributed by atoms with Gasteiger partial charge in [0.2, 0.25) is 5.89 Å². The molecule has 0 aliphatic carbocycles. The van der Waals surface area contributed by atoms with Crippen molar-refractivity contribution in [3.05, 3.63) is 11.7 Å². The summed E-state index contributed by atoms with van der Waals surface area (Å²) in [4.78, 5) is 4.06. The Morgan fingerprint density at radius 2 is 2.06 bits per heavy atom. The maximum absolute atomic E-state index is 11.2. The van der Waals surface area contributed by atoms with Crippen molar-refractivity contribution in [1.29, 1.82) is 0 Å². The highest BCUT2D eigenvalue weighted by Crippen LogP contribution is 2.28. The van der Waals surface area contributed by atoms with E-state index in [9.17, 15) is 13.5 Å². The van der Waals surface area contributed by atoms with Crippen molar-refractivity contribution in [3.63, 3.8) is 0 Å². The number of sulfone groups is 1. The summed E-state index contributed by atoms with van der Waals surface area (Å²) in [6.45, 7) is 1.56. The molecule has 0 bridgehead atoms. The molecule has 1 atom stereocenters.